The van der Waals surface area contributed by atoms with Gasteiger partial charge in [-0.25, -0.2) is 0 Å². The summed E-state index contributed by atoms with van der Waals surface area (Å²) in [5.41, 5.74) is 22.0. The van der Waals surface area contributed by atoms with Crippen LogP contribution in [0.2, 0.25) is 0 Å². The number of nitrogens with zero attached hydrogens (tertiary/aromatic N) is 11. The van der Waals surface area contributed by atoms with E-state index in [0.717, 1.165) is 4.90 Å². The van der Waals surface area contributed by atoms with Crippen molar-refractivity contribution in [2.45, 2.75) is 64.7 Å². The smallest absolute Gasteiger partial charge is 0.245 e. The molecule has 0 fully saturated rings. The fraction of sp³-hybridized carbons (Fsp3) is 0.769. The number of likely N-dealkylation sites (N-methyl/N-ethyl adjacent to an activating group) is 4. The van der Waals surface area contributed by atoms with Crippen LogP contribution in [0.4, 0.5) is 0 Å². The van der Waals surface area contributed by atoms with Crippen molar-refractivity contribution in [1.82, 2.24) is 29.8 Å². The highest BCUT2D eigenvalue weighted by Crippen LogP contribution is 2.12. The van der Waals surface area contributed by atoms with Crippen LogP contribution in [0.5, 0.6) is 0 Å². The van der Waals surface area contributed by atoms with Crippen molar-refractivity contribution in [2.75, 3.05) is 67.5 Å². The Labute approximate surface area is 263 Å². The highest BCUT2D eigenvalue weighted by atomic mass is 16.2. The predicted octanol–water partition coefficient (Wildman–Crippen LogP) is -0.322. The van der Waals surface area contributed by atoms with E-state index in [1.165, 1.54) is 75.5 Å². The first kappa shape index (κ1) is 40.4. The Morgan fingerprint density at radius 1 is 0.689 bits per heavy atom. The lowest BCUT2D eigenvalue weighted by Crippen LogP contribution is -2.57. The second-order valence-electron chi connectivity index (χ2n) is 10.6. The summed E-state index contributed by atoms with van der Waals surface area (Å²) < 4.78 is 0. The van der Waals surface area contributed by atoms with Gasteiger partial charge in [0.15, 0.2) is 0 Å². The van der Waals surface area contributed by atoms with Gasteiger partial charge in [-0.05, 0) is 58.1 Å². The van der Waals surface area contributed by atoms with E-state index in [2.05, 4.69) is 25.4 Å². The van der Waals surface area contributed by atoms with Gasteiger partial charge in [-0.1, -0.05) is 10.2 Å². The SMILES string of the molecule is C[C@@H](C(=O)N(C)[C@@H](C)C(=O)N(C)[C@@H](C)C(=O)N(C)[C@@H](C)C(=O)N(CCCN=[N+]=[N-])CC(N)=O)N(C)C(=O)CNCCCN=[N+]=[N-]. The molecule has 0 aromatic rings. The molecule has 4 atom stereocenters. The first-order valence-corrected chi connectivity index (χ1v) is 14.4. The molecule has 0 heterocycles. The Kier molecular flexibility index (Phi) is 18.3. The van der Waals surface area contributed by atoms with Crippen LogP contribution in [0.25, 0.3) is 20.9 Å². The quantitative estimate of drug-likeness (QED) is 0.0777. The van der Waals surface area contributed by atoms with Gasteiger partial charge < -0.3 is 35.6 Å². The Morgan fingerprint density at radius 2 is 1.09 bits per heavy atom. The van der Waals surface area contributed by atoms with E-state index in [1.807, 2.05) is 0 Å². The summed E-state index contributed by atoms with van der Waals surface area (Å²) in [7, 11) is 5.70. The van der Waals surface area contributed by atoms with E-state index in [-0.39, 0.29) is 38.5 Å². The maximum atomic E-state index is 13.3. The topological polar surface area (TPSA) is 254 Å². The molecule has 0 bridgehead atoms. The van der Waals surface area contributed by atoms with Crippen molar-refractivity contribution in [3.63, 3.8) is 0 Å². The third kappa shape index (κ3) is 12.9. The lowest BCUT2D eigenvalue weighted by atomic mass is 10.1. The van der Waals surface area contributed by atoms with E-state index >= 15 is 0 Å². The third-order valence-corrected chi connectivity index (χ3v) is 7.55. The average Bonchev–Trinajstić information content (AvgIpc) is 3.02. The standard InChI is InChI=1S/C26H47N13O6/c1-17(35(5)22(41)15-30-11-9-12-31-33-28)23(42)36(6)18(2)24(43)37(7)19(3)25(44)38(8)20(4)26(45)39(16-21(27)40)14-10-13-32-34-29/h17-20,30H,9-16H2,1-8H3,(H2,27,40)/t17-,18-,19-,20-/m0/s1. The molecule has 3 N–H and O–H groups in total. The summed E-state index contributed by atoms with van der Waals surface area (Å²) in [6, 6.07) is -3.92. The van der Waals surface area contributed by atoms with Crippen LogP contribution in [0.3, 0.4) is 0 Å². The van der Waals surface area contributed by atoms with Crippen LogP contribution >= 0.6 is 0 Å². The van der Waals surface area contributed by atoms with Crippen LogP contribution in [0.15, 0.2) is 10.2 Å². The van der Waals surface area contributed by atoms with Crippen molar-refractivity contribution in [2.24, 2.45) is 16.0 Å². The zero-order valence-corrected chi connectivity index (χ0v) is 27.4. The zero-order chi connectivity index (χ0) is 34.9. The minimum atomic E-state index is -1.02. The third-order valence-electron chi connectivity index (χ3n) is 7.55. The average molecular weight is 638 g/mol. The number of hydrogen-bond acceptors (Lipinski definition) is 9. The van der Waals surface area contributed by atoms with Crippen molar-refractivity contribution in [3.8, 4) is 0 Å². The van der Waals surface area contributed by atoms with Gasteiger partial charge in [0.25, 0.3) is 0 Å². The second kappa shape index (κ2) is 20.4. The van der Waals surface area contributed by atoms with Gasteiger partial charge >= 0.3 is 0 Å². The number of azide groups is 2. The largest absolute Gasteiger partial charge is 0.368 e. The Balaban J connectivity index is 5.34. The molecular formula is C26H47N13O6. The van der Waals surface area contributed by atoms with Gasteiger partial charge in [-0.2, -0.15) is 0 Å². The minimum Gasteiger partial charge on any atom is -0.368 e. The fourth-order valence-corrected chi connectivity index (χ4v) is 4.07. The molecule has 0 aliphatic carbocycles. The zero-order valence-electron chi connectivity index (χ0n) is 27.4. The molecule has 19 nitrogen and oxygen atoms in total. The van der Waals surface area contributed by atoms with Gasteiger partial charge in [0.1, 0.15) is 24.2 Å². The Hall–Kier alpha value is -4.60. The molecule has 0 saturated heterocycles. The van der Waals surface area contributed by atoms with Crippen LogP contribution in [-0.4, -0.2) is 152 Å². The number of primary amides is 1. The van der Waals surface area contributed by atoms with Crippen molar-refractivity contribution in [1.29, 1.82) is 0 Å². The molecule has 0 spiro atoms. The summed E-state index contributed by atoms with van der Waals surface area (Å²) in [5.74, 6) is -3.25. The molecule has 0 aliphatic rings. The van der Waals surface area contributed by atoms with E-state index in [0.29, 0.717) is 19.5 Å². The fourth-order valence-electron chi connectivity index (χ4n) is 4.07. The molecule has 252 valence electrons. The molecule has 6 amide bonds. The first-order chi connectivity index (χ1) is 21.0. The summed E-state index contributed by atoms with van der Waals surface area (Å²) in [6.45, 7) is 6.50. The van der Waals surface area contributed by atoms with E-state index in [4.69, 9.17) is 16.8 Å². The van der Waals surface area contributed by atoms with Crippen LogP contribution in [0, 0.1) is 0 Å². The normalized spacial score (nSPS) is 13.1. The number of nitrogens with two attached hydrogens (primary N) is 1. The monoisotopic (exact) mass is 637 g/mol. The lowest BCUT2D eigenvalue weighted by Gasteiger charge is -2.36. The van der Waals surface area contributed by atoms with Crippen LogP contribution in [0.1, 0.15) is 40.5 Å². The number of carbonyl (C=O) groups excluding carboxylic acids is 6. The predicted molar refractivity (Wildman–Crippen MR) is 165 cm³/mol. The highest BCUT2D eigenvalue weighted by molar-refractivity contribution is 5.95. The lowest BCUT2D eigenvalue weighted by molar-refractivity contribution is -0.153. The molecule has 0 aromatic heterocycles. The molecule has 0 unspecified atom stereocenters. The van der Waals surface area contributed by atoms with Crippen LogP contribution < -0.4 is 11.1 Å². The molecular weight excluding hydrogens is 590 g/mol. The molecule has 0 radical (unpaired) electrons. The molecule has 19 heteroatoms. The van der Waals surface area contributed by atoms with Crippen molar-refractivity contribution < 1.29 is 28.8 Å². The molecule has 45 heavy (non-hydrogen) atoms. The van der Waals surface area contributed by atoms with Crippen molar-refractivity contribution >= 4 is 35.4 Å². The summed E-state index contributed by atoms with van der Waals surface area (Å²) in [4.78, 5) is 88.2. The van der Waals surface area contributed by atoms with Gasteiger partial charge in [-0.15, -0.1) is 0 Å². The Morgan fingerprint density at radius 3 is 1.51 bits per heavy atom. The van der Waals surface area contributed by atoms with E-state index in [1.54, 1.807) is 0 Å². The first-order valence-electron chi connectivity index (χ1n) is 14.4. The number of amides is 6. The number of carbonyl (C=O) groups is 6. The maximum absolute atomic E-state index is 13.3. The van der Waals surface area contributed by atoms with E-state index in [9.17, 15) is 28.8 Å². The number of nitrogens with one attached hydrogen (secondary N) is 1. The number of rotatable bonds is 20. The molecule has 0 rings (SSSR count). The molecule has 0 aliphatic heterocycles. The van der Waals surface area contributed by atoms with Crippen LogP contribution in [-0.2, 0) is 28.8 Å². The maximum Gasteiger partial charge on any atom is 0.245 e. The van der Waals surface area contributed by atoms with Gasteiger partial charge in [-0.3, -0.25) is 28.8 Å². The minimum absolute atomic E-state index is 0.0323. The summed E-state index contributed by atoms with van der Waals surface area (Å²) in [5, 5.41) is 9.74. The second-order valence-corrected chi connectivity index (χ2v) is 10.6. The van der Waals surface area contributed by atoms with E-state index < -0.39 is 53.7 Å². The number of hydrogen-bond donors (Lipinski definition) is 2. The van der Waals surface area contributed by atoms with Crippen molar-refractivity contribution in [3.05, 3.63) is 20.9 Å². The van der Waals surface area contributed by atoms with Gasteiger partial charge in [0.2, 0.25) is 35.4 Å². The molecule has 0 saturated carbocycles. The van der Waals surface area contributed by atoms with Gasteiger partial charge in [0.05, 0.1) is 13.1 Å². The molecule has 0 aromatic carbocycles. The highest BCUT2D eigenvalue weighted by Gasteiger charge is 2.36. The van der Waals surface area contributed by atoms with Gasteiger partial charge in [0, 0.05) is 57.6 Å². The Bertz CT molecular complexity index is 1150. The summed E-state index contributed by atoms with van der Waals surface area (Å²) in [6.07, 6.45) is 0.829. The summed E-state index contributed by atoms with van der Waals surface area (Å²) >= 11 is 0.